The second-order valence-corrected chi connectivity index (χ2v) is 7.50. The van der Waals surface area contributed by atoms with Gasteiger partial charge in [-0.3, -0.25) is 4.79 Å². The van der Waals surface area contributed by atoms with E-state index in [1.54, 1.807) is 11.3 Å². The lowest BCUT2D eigenvalue weighted by molar-refractivity contribution is -0.136. The number of pyridine rings is 1. The molecule has 24 heavy (non-hydrogen) atoms. The van der Waals surface area contributed by atoms with Crippen molar-refractivity contribution in [2.24, 2.45) is 5.92 Å². The van der Waals surface area contributed by atoms with E-state index in [4.69, 9.17) is 0 Å². The third-order valence-corrected chi connectivity index (χ3v) is 5.91. The van der Waals surface area contributed by atoms with Crippen LogP contribution < -0.4 is 4.90 Å². The first-order chi connectivity index (χ1) is 11.8. The summed E-state index contributed by atoms with van der Waals surface area (Å²) in [6, 6.07) is 8.44. The van der Waals surface area contributed by atoms with Crippen LogP contribution in [0.5, 0.6) is 0 Å². The summed E-state index contributed by atoms with van der Waals surface area (Å²) in [5.41, 5.74) is 1.31. The lowest BCUT2D eigenvalue weighted by Gasteiger charge is -2.36. The Bertz CT molecular complexity index is 673. The van der Waals surface area contributed by atoms with Crippen molar-refractivity contribution in [3.8, 4) is 0 Å². The lowest BCUT2D eigenvalue weighted by Crippen LogP contribution is -2.44. The Morgan fingerprint density at radius 2 is 2.08 bits per heavy atom. The molecule has 0 saturated carbocycles. The molecule has 2 aromatic heterocycles. The first kappa shape index (κ1) is 15.6. The molecular formula is C19H23N3OS. The molecule has 2 aliphatic rings. The fourth-order valence-electron chi connectivity index (χ4n) is 4.00. The van der Waals surface area contributed by atoms with Gasteiger partial charge in [0.15, 0.2) is 0 Å². The van der Waals surface area contributed by atoms with Gasteiger partial charge in [0.2, 0.25) is 5.91 Å². The minimum atomic E-state index is 0.0972. The smallest absolute Gasteiger partial charge is 0.227 e. The average Bonchev–Trinajstić information content (AvgIpc) is 3.33. The van der Waals surface area contributed by atoms with Crippen LogP contribution in [0.3, 0.4) is 0 Å². The largest absolute Gasteiger partial charge is 0.356 e. The third kappa shape index (κ3) is 3.05. The van der Waals surface area contributed by atoms with Crippen molar-refractivity contribution in [2.45, 2.75) is 31.7 Å². The molecule has 2 saturated heterocycles. The van der Waals surface area contributed by atoms with E-state index in [1.165, 1.54) is 5.56 Å². The number of carbonyl (C=O) groups excluding carboxylic acids is 1. The van der Waals surface area contributed by atoms with Crippen molar-refractivity contribution in [3.63, 3.8) is 0 Å². The number of nitrogens with zero attached hydrogens (tertiary/aromatic N) is 3. The summed E-state index contributed by atoms with van der Waals surface area (Å²) in [5.74, 6) is 1.43. The molecule has 126 valence electrons. The number of hydrogen-bond acceptors (Lipinski definition) is 4. The van der Waals surface area contributed by atoms with Crippen molar-refractivity contribution in [2.75, 3.05) is 24.5 Å². The molecule has 1 amide bonds. The molecule has 2 aliphatic heterocycles. The van der Waals surface area contributed by atoms with Crippen LogP contribution in [-0.2, 0) is 4.79 Å². The van der Waals surface area contributed by atoms with E-state index in [2.05, 4.69) is 31.6 Å². The van der Waals surface area contributed by atoms with Crippen LogP contribution in [0, 0.1) is 5.92 Å². The third-order valence-electron chi connectivity index (χ3n) is 5.21. The lowest BCUT2D eigenvalue weighted by atomic mass is 9.95. The van der Waals surface area contributed by atoms with Gasteiger partial charge in [-0.25, -0.2) is 4.98 Å². The molecule has 0 unspecified atom stereocenters. The van der Waals surface area contributed by atoms with E-state index in [0.717, 1.165) is 51.1 Å². The maximum absolute atomic E-state index is 13.2. The van der Waals surface area contributed by atoms with Crippen LogP contribution in [0.1, 0.15) is 37.3 Å². The number of aromatic nitrogens is 1. The van der Waals surface area contributed by atoms with E-state index in [1.807, 2.05) is 24.4 Å². The van der Waals surface area contributed by atoms with Gasteiger partial charge in [0.05, 0.1) is 12.0 Å². The maximum Gasteiger partial charge on any atom is 0.227 e. The van der Waals surface area contributed by atoms with Crippen LogP contribution in [0.4, 0.5) is 5.82 Å². The molecule has 5 heteroatoms. The Morgan fingerprint density at radius 3 is 2.88 bits per heavy atom. The predicted molar refractivity (Wildman–Crippen MR) is 97.2 cm³/mol. The van der Waals surface area contributed by atoms with Crippen molar-refractivity contribution >= 4 is 23.1 Å². The number of rotatable bonds is 3. The van der Waals surface area contributed by atoms with Crippen molar-refractivity contribution in [3.05, 3.63) is 46.8 Å². The highest BCUT2D eigenvalue weighted by Gasteiger charge is 2.36. The Hall–Kier alpha value is -1.88. The average molecular weight is 341 g/mol. The second kappa shape index (κ2) is 6.93. The van der Waals surface area contributed by atoms with Gasteiger partial charge in [-0.15, -0.1) is 0 Å². The molecule has 4 rings (SSSR count). The number of hydrogen-bond donors (Lipinski definition) is 0. The number of amides is 1. The summed E-state index contributed by atoms with van der Waals surface area (Å²) < 4.78 is 0. The topological polar surface area (TPSA) is 36.4 Å². The van der Waals surface area contributed by atoms with Gasteiger partial charge in [0, 0.05) is 25.8 Å². The molecule has 2 atom stereocenters. The number of piperidine rings is 1. The van der Waals surface area contributed by atoms with Crippen LogP contribution >= 0.6 is 11.3 Å². The molecule has 0 aliphatic carbocycles. The van der Waals surface area contributed by atoms with Gasteiger partial charge in [-0.05, 0) is 60.2 Å². The molecule has 0 N–H and O–H groups in total. The molecule has 0 radical (unpaired) electrons. The maximum atomic E-state index is 13.2. The highest BCUT2D eigenvalue weighted by molar-refractivity contribution is 7.07. The quantitative estimate of drug-likeness (QED) is 0.854. The molecule has 0 aromatic carbocycles. The van der Waals surface area contributed by atoms with E-state index in [9.17, 15) is 4.79 Å². The molecule has 4 nitrogen and oxygen atoms in total. The summed E-state index contributed by atoms with van der Waals surface area (Å²) in [6.45, 7) is 2.69. The monoisotopic (exact) mass is 341 g/mol. The van der Waals surface area contributed by atoms with Gasteiger partial charge in [-0.1, -0.05) is 6.07 Å². The summed E-state index contributed by atoms with van der Waals surface area (Å²) in [5, 5.41) is 4.30. The molecule has 2 aromatic rings. The van der Waals surface area contributed by atoms with Crippen LogP contribution in [-0.4, -0.2) is 35.4 Å². The van der Waals surface area contributed by atoms with Gasteiger partial charge < -0.3 is 9.80 Å². The van der Waals surface area contributed by atoms with Crippen LogP contribution in [0.25, 0.3) is 0 Å². The zero-order valence-electron chi connectivity index (χ0n) is 13.8. The standard InChI is InChI=1S/C19H23N3OS/c23-19(22-11-4-6-17(22)16-8-12-24-14-16)15-5-3-10-21(13-15)18-7-1-2-9-20-18/h1-2,7-9,12,14-15,17H,3-6,10-11,13H2/t15-,17+/m0/s1. The van der Waals surface area contributed by atoms with Crippen LogP contribution in [0.15, 0.2) is 41.2 Å². The molecule has 0 spiro atoms. The van der Waals surface area contributed by atoms with Gasteiger partial charge in [-0.2, -0.15) is 11.3 Å². The Balaban J connectivity index is 1.47. The number of anilines is 1. The van der Waals surface area contributed by atoms with E-state index >= 15 is 0 Å². The molecule has 0 bridgehead atoms. The molecular weight excluding hydrogens is 318 g/mol. The zero-order chi connectivity index (χ0) is 16.4. The predicted octanol–water partition coefficient (Wildman–Crippen LogP) is 3.72. The van der Waals surface area contributed by atoms with Gasteiger partial charge in [0.1, 0.15) is 5.82 Å². The first-order valence-electron chi connectivity index (χ1n) is 8.81. The fraction of sp³-hybridized carbons (Fsp3) is 0.474. The SMILES string of the molecule is O=C([C@H]1CCCN(c2ccccn2)C1)N1CCC[C@@H]1c1ccsc1. The number of likely N-dealkylation sites (tertiary alicyclic amines) is 1. The fourth-order valence-corrected chi connectivity index (χ4v) is 4.71. The van der Waals surface area contributed by atoms with Crippen molar-refractivity contribution in [1.29, 1.82) is 0 Å². The highest BCUT2D eigenvalue weighted by atomic mass is 32.1. The Morgan fingerprint density at radius 1 is 1.17 bits per heavy atom. The van der Waals surface area contributed by atoms with E-state index in [0.29, 0.717) is 5.91 Å². The van der Waals surface area contributed by atoms with Crippen molar-refractivity contribution < 1.29 is 4.79 Å². The Labute approximate surface area is 147 Å². The summed E-state index contributed by atoms with van der Waals surface area (Å²) in [4.78, 5) is 22.0. The summed E-state index contributed by atoms with van der Waals surface area (Å²) in [7, 11) is 0. The van der Waals surface area contributed by atoms with E-state index < -0.39 is 0 Å². The number of carbonyl (C=O) groups is 1. The minimum Gasteiger partial charge on any atom is -0.356 e. The first-order valence-corrected chi connectivity index (χ1v) is 9.76. The van der Waals surface area contributed by atoms with Crippen molar-refractivity contribution in [1.82, 2.24) is 9.88 Å². The summed E-state index contributed by atoms with van der Waals surface area (Å²) in [6.07, 6.45) is 6.09. The second-order valence-electron chi connectivity index (χ2n) is 6.72. The molecule has 2 fully saturated rings. The minimum absolute atomic E-state index is 0.0972. The van der Waals surface area contributed by atoms with E-state index in [-0.39, 0.29) is 12.0 Å². The highest BCUT2D eigenvalue weighted by Crippen LogP contribution is 2.35. The zero-order valence-corrected chi connectivity index (χ0v) is 14.6. The molecule has 4 heterocycles. The van der Waals surface area contributed by atoms with Crippen LogP contribution in [0.2, 0.25) is 0 Å². The summed E-state index contributed by atoms with van der Waals surface area (Å²) >= 11 is 1.72. The normalized spacial score (nSPS) is 24.3. The number of thiophene rings is 1. The van der Waals surface area contributed by atoms with Gasteiger partial charge >= 0.3 is 0 Å². The Kier molecular flexibility index (Phi) is 4.52. The van der Waals surface area contributed by atoms with Gasteiger partial charge in [0.25, 0.3) is 0 Å².